The minimum absolute atomic E-state index is 0.126. The van der Waals surface area contributed by atoms with Crippen LogP contribution in [0.3, 0.4) is 0 Å². The van der Waals surface area contributed by atoms with Gasteiger partial charge in [-0.3, -0.25) is 0 Å². The van der Waals surface area contributed by atoms with Crippen molar-refractivity contribution in [3.63, 3.8) is 0 Å². The molecule has 1 aromatic rings. The van der Waals surface area contributed by atoms with Crippen LogP contribution in [0, 0.1) is 11.3 Å². The number of nitrogen functional groups attached to an aromatic ring is 1. The first kappa shape index (κ1) is 10.7. The number of ether oxygens (including phenoxy) is 2. The molecule has 2 heterocycles. The highest BCUT2D eigenvalue weighted by atomic mass is 16.5. The molecule has 0 bridgehead atoms. The Bertz CT molecular complexity index is 408. The Labute approximate surface area is 93.8 Å². The number of nitriles is 1. The quantitative estimate of drug-likeness (QED) is 0.823. The number of aromatic nitrogens is 1. The third-order valence-electron chi connectivity index (χ3n) is 2.46. The van der Waals surface area contributed by atoms with Gasteiger partial charge in [-0.15, -0.1) is 0 Å². The molecule has 1 unspecified atom stereocenters. The van der Waals surface area contributed by atoms with Gasteiger partial charge in [-0.25, -0.2) is 4.98 Å². The molecule has 1 fully saturated rings. The maximum atomic E-state index is 8.86. The van der Waals surface area contributed by atoms with E-state index in [1.54, 1.807) is 6.07 Å². The van der Waals surface area contributed by atoms with Gasteiger partial charge >= 0.3 is 0 Å². The van der Waals surface area contributed by atoms with E-state index in [1.807, 2.05) is 6.07 Å². The van der Waals surface area contributed by atoms with Gasteiger partial charge in [0.2, 0.25) is 0 Å². The largest absolute Gasteiger partial charge is 0.489 e. The van der Waals surface area contributed by atoms with E-state index >= 15 is 0 Å². The SMILES string of the molecule is N#Cc1cnc(N)cc1OCC1CCCO1. The van der Waals surface area contributed by atoms with Crippen LogP contribution < -0.4 is 10.5 Å². The number of pyridine rings is 1. The minimum Gasteiger partial charge on any atom is -0.489 e. The molecule has 1 saturated heterocycles. The maximum absolute atomic E-state index is 8.86. The fourth-order valence-electron chi connectivity index (χ4n) is 1.61. The van der Waals surface area contributed by atoms with Crippen molar-refractivity contribution < 1.29 is 9.47 Å². The molecule has 0 amide bonds. The molecule has 0 aliphatic carbocycles. The third-order valence-corrected chi connectivity index (χ3v) is 2.46. The predicted octanol–water partition coefficient (Wildman–Crippen LogP) is 1.09. The summed E-state index contributed by atoms with van der Waals surface area (Å²) in [4.78, 5) is 3.83. The van der Waals surface area contributed by atoms with Crippen molar-refractivity contribution in [3.05, 3.63) is 17.8 Å². The van der Waals surface area contributed by atoms with E-state index in [1.165, 1.54) is 6.20 Å². The molecule has 1 aromatic heterocycles. The van der Waals surface area contributed by atoms with E-state index in [9.17, 15) is 0 Å². The van der Waals surface area contributed by atoms with Gasteiger partial charge in [-0.05, 0) is 12.8 Å². The van der Waals surface area contributed by atoms with Crippen LogP contribution in [0.4, 0.5) is 5.82 Å². The summed E-state index contributed by atoms with van der Waals surface area (Å²) in [5.41, 5.74) is 5.93. The highest BCUT2D eigenvalue weighted by Gasteiger charge is 2.16. The number of nitrogens with two attached hydrogens (primary N) is 1. The Kier molecular flexibility index (Phi) is 3.22. The molecule has 0 aromatic carbocycles. The number of rotatable bonds is 3. The van der Waals surface area contributed by atoms with Gasteiger partial charge in [0.05, 0.1) is 12.3 Å². The highest BCUT2D eigenvalue weighted by Crippen LogP contribution is 2.20. The molecule has 5 nitrogen and oxygen atoms in total. The zero-order chi connectivity index (χ0) is 11.4. The fraction of sp³-hybridized carbons (Fsp3) is 0.455. The van der Waals surface area contributed by atoms with Crippen LogP contribution in [0.25, 0.3) is 0 Å². The second-order valence-corrected chi connectivity index (χ2v) is 3.66. The van der Waals surface area contributed by atoms with E-state index in [-0.39, 0.29) is 6.10 Å². The van der Waals surface area contributed by atoms with Crippen molar-refractivity contribution in [2.24, 2.45) is 0 Å². The molecule has 2 N–H and O–H groups in total. The van der Waals surface area contributed by atoms with Crippen LogP contribution in [-0.4, -0.2) is 24.3 Å². The summed E-state index contributed by atoms with van der Waals surface area (Å²) in [6.45, 7) is 1.25. The summed E-state index contributed by atoms with van der Waals surface area (Å²) in [7, 11) is 0. The van der Waals surface area contributed by atoms with E-state index in [4.69, 9.17) is 20.5 Å². The van der Waals surface area contributed by atoms with Gasteiger partial charge in [0.25, 0.3) is 0 Å². The summed E-state index contributed by atoms with van der Waals surface area (Å²) in [6.07, 6.45) is 3.61. The zero-order valence-electron chi connectivity index (χ0n) is 8.85. The van der Waals surface area contributed by atoms with Crippen molar-refractivity contribution >= 4 is 5.82 Å². The summed E-state index contributed by atoms with van der Waals surface area (Å²) in [6, 6.07) is 3.58. The minimum atomic E-state index is 0.126. The van der Waals surface area contributed by atoms with Gasteiger partial charge in [0, 0.05) is 12.7 Å². The van der Waals surface area contributed by atoms with E-state index < -0.39 is 0 Å². The number of anilines is 1. The smallest absolute Gasteiger partial charge is 0.142 e. The average Bonchev–Trinajstić information content (AvgIpc) is 2.79. The summed E-state index contributed by atoms with van der Waals surface area (Å²) < 4.78 is 10.9. The second kappa shape index (κ2) is 4.81. The summed E-state index contributed by atoms with van der Waals surface area (Å²) >= 11 is 0. The molecule has 0 saturated carbocycles. The Balaban J connectivity index is 2.02. The zero-order valence-corrected chi connectivity index (χ0v) is 8.85. The van der Waals surface area contributed by atoms with Gasteiger partial charge in [-0.2, -0.15) is 5.26 Å². The van der Waals surface area contributed by atoms with Crippen LogP contribution >= 0.6 is 0 Å². The molecule has 84 valence electrons. The van der Waals surface area contributed by atoms with Crippen LogP contribution in [0.1, 0.15) is 18.4 Å². The van der Waals surface area contributed by atoms with Crippen LogP contribution in [0.5, 0.6) is 5.75 Å². The molecule has 16 heavy (non-hydrogen) atoms. The van der Waals surface area contributed by atoms with Crippen molar-refractivity contribution in [2.45, 2.75) is 18.9 Å². The first-order chi connectivity index (χ1) is 7.79. The van der Waals surface area contributed by atoms with Crippen molar-refractivity contribution in [1.82, 2.24) is 4.98 Å². The molecule has 1 aliphatic heterocycles. The normalized spacial score (nSPS) is 19.3. The van der Waals surface area contributed by atoms with Crippen LogP contribution in [0.15, 0.2) is 12.3 Å². The lowest BCUT2D eigenvalue weighted by atomic mass is 10.2. The predicted molar refractivity (Wildman–Crippen MR) is 57.8 cm³/mol. The molecular weight excluding hydrogens is 206 g/mol. The monoisotopic (exact) mass is 219 g/mol. The lowest BCUT2D eigenvalue weighted by molar-refractivity contribution is 0.0678. The Morgan fingerprint density at radius 3 is 3.25 bits per heavy atom. The van der Waals surface area contributed by atoms with E-state index in [2.05, 4.69) is 4.98 Å². The average molecular weight is 219 g/mol. The fourth-order valence-corrected chi connectivity index (χ4v) is 1.61. The molecule has 5 heteroatoms. The van der Waals surface area contributed by atoms with Crippen molar-refractivity contribution in [3.8, 4) is 11.8 Å². The lowest BCUT2D eigenvalue weighted by Crippen LogP contribution is -2.16. The first-order valence-electron chi connectivity index (χ1n) is 5.19. The standard InChI is InChI=1S/C11H13N3O2/c12-5-8-6-14-11(13)4-10(8)16-7-9-2-1-3-15-9/h4,6,9H,1-3,7H2,(H2,13,14). The second-order valence-electron chi connectivity index (χ2n) is 3.66. The lowest BCUT2D eigenvalue weighted by Gasteiger charge is -2.12. The third kappa shape index (κ3) is 2.41. The molecule has 1 aliphatic rings. The Morgan fingerprint density at radius 2 is 2.56 bits per heavy atom. The van der Waals surface area contributed by atoms with Gasteiger partial charge < -0.3 is 15.2 Å². The van der Waals surface area contributed by atoms with Gasteiger partial charge in [0.1, 0.15) is 29.8 Å². The molecular formula is C11H13N3O2. The van der Waals surface area contributed by atoms with Crippen LogP contribution in [-0.2, 0) is 4.74 Å². The first-order valence-corrected chi connectivity index (χ1v) is 5.19. The Hall–Kier alpha value is -1.80. The number of nitrogens with zero attached hydrogens (tertiary/aromatic N) is 2. The van der Waals surface area contributed by atoms with Crippen LogP contribution in [0.2, 0.25) is 0 Å². The van der Waals surface area contributed by atoms with Crippen molar-refractivity contribution in [1.29, 1.82) is 5.26 Å². The Morgan fingerprint density at radius 1 is 1.69 bits per heavy atom. The summed E-state index contributed by atoms with van der Waals surface area (Å²) in [5.74, 6) is 0.826. The number of hydrogen-bond acceptors (Lipinski definition) is 5. The molecule has 0 spiro atoms. The molecule has 0 radical (unpaired) electrons. The van der Waals surface area contributed by atoms with Gasteiger partial charge in [0.15, 0.2) is 0 Å². The molecule has 2 rings (SSSR count). The van der Waals surface area contributed by atoms with Gasteiger partial charge in [-0.1, -0.05) is 0 Å². The van der Waals surface area contributed by atoms with Crippen molar-refractivity contribution in [2.75, 3.05) is 18.9 Å². The molecule has 1 atom stereocenters. The highest BCUT2D eigenvalue weighted by molar-refractivity contribution is 5.47. The number of hydrogen-bond donors (Lipinski definition) is 1. The van der Waals surface area contributed by atoms with E-state index in [0.29, 0.717) is 23.7 Å². The summed E-state index contributed by atoms with van der Waals surface area (Å²) in [5, 5.41) is 8.86. The van der Waals surface area contributed by atoms with E-state index in [0.717, 1.165) is 19.4 Å². The maximum Gasteiger partial charge on any atom is 0.142 e. The topological polar surface area (TPSA) is 81.2 Å².